The number of fused-ring (bicyclic) bond motifs is 1. The molecule has 6 heteroatoms. The number of hydrogen-bond acceptors (Lipinski definition) is 4. The fourth-order valence-corrected chi connectivity index (χ4v) is 2.25. The molecule has 0 atom stereocenters. The van der Waals surface area contributed by atoms with Crippen LogP contribution in [0.4, 0.5) is 5.82 Å². The molecule has 0 amide bonds. The minimum Gasteiger partial charge on any atom is -0.369 e. The largest absolute Gasteiger partial charge is 0.369 e. The molecule has 3 rings (SSSR count). The van der Waals surface area contributed by atoms with Crippen LogP contribution in [-0.4, -0.2) is 26.1 Å². The first kappa shape index (κ1) is 12.9. The maximum atomic E-state index is 5.94. The number of para-hydroxylation sites is 1. The topological polar surface area (TPSA) is 55.6 Å². The van der Waals surface area contributed by atoms with Gasteiger partial charge in [0.1, 0.15) is 5.82 Å². The Morgan fingerprint density at radius 2 is 2.10 bits per heavy atom. The number of benzene rings is 1. The van der Waals surface area contributed by atoms with Gasteiger partial charge in [-0.3, -0.25) is 0 Å². The highest BCUT2D eigenvalue weighted by molar-refractivity contribution is 6.28. The van der Waals surface area contributed by atoms with Crippen molar-refractivity contribution < 1.29 is 0 Å². The second-order valence-corrected chi connectivity index (χ2v) is 4.78. The van der Waals surface area contributed by atoms with Crippen molar-refractivity contribution in [2.24, 2.45) is 0 Å². The summed E-state index contributed by atoms with van der Waals surface area (Å²) in [6.07, 6.45) is 6.53. The van der Waals surface area contributed by atoms with Crippen molar-refractivity contribution in [3.05, 3.63) is 48.3 Å². The van der Waals surface area contributed by atoms with Crippen molar-refractivity contribution >= 4 is 28.3 Å². The molecule has 2 aromatic heterocycles. The van der Waals surface area contributed by atoms with Crippen LogP contribution in [0, 0.1) is 0 Å². The number of anilines is 1. The second-order valence-electron chi connectivity index (χ2n) is 4.44. The summed E-state index contributed by atoms with van der Waals surface area (Å²) < 4.78 is 2.05. The van der Waals surface area contributed by atoms with E-state index in [-0.39, 0.29) is 5.28 Å². The van der Waals surface area contributed by atoms with Gasteiger partial charge in [0.25, 0.3) is 0 Å². The Labute approximate surface area is 121 Å². The Kier molecular flexibility index (Phi) is 3.78. The van der Waals surface area contributed by atoms with Crippen molar-refractivity contribution in [2.45, 2.75) is 13.0 Å². The summed E-state index contributed by atoms with van der Waals surface area (Å²) in [7, 11) is 0. The van der Waals surface area contributed by atoms with Gasteiger partial charge in [0.15, 0.2) is 0 Å². The zero-order valence-electron chi connectivity index (χ0n) is 10.8. The number of imidazole rings is 1. The highest BCUT2D eigenvalue weighted by Crippen LogP contribution is 2.21. The number of aromatic nitrogens is 4. The molecular weight excluding hydrogens is 274 g/mol. The maximum Gasteiger partial charge on any atom is 0.224 e. The normalized spacial score (nSPS) is 10.8. The van der Waals surface area contributed by atoms with Crippen LogP contribution in [0.2, 0.25) is 5.28 Å². The first-order chi connectivity index (χ1) is 9.83. The van der Waals surface area contributed by atoms with Gasteiger partial charge in [0, 0.05) is 30.9 Å². The summed E-state index contributed by atoms with van der Waals surface area (Å²) >= 11 is 5.94. The van der Waals surface area contributed by atoms with Gasteiger partial charge in [0.2, 0.25) is 5.28 Å². The van der Waals surface area contributed by atoms with E-state index in [1.807, 2.05) is 41.4 Å². The lowest BCUT2D eigenvalue weighted by Gasteiger charge is -2.09. The monoisotopic (exact) mass is 287 g/mol. The standard InChI is InChI=1S/C14H14ClN5/c15-14-18-12-5-2-1-4-11(12)13(19-14)17-6-3-8-20-9-7-16-10-20/h1-2,4-5,7,9-10H,3,6,8H2,(H,17,18,19). The van der Waals surface area contributed by atoms with E-state index in [9.17, 15) is 0 Å². The van der Waals surface area contributed by atoms with E-state index in [1.165, 1.54) is 0 Å². The first-order valence-corrected chi connectivity index (χ1v) is 6.82. The third kappa shape index (κ3) is 2.88. The van der Waals surface area contributed by atoms with Crippen molar-refractivity contribution in [3.63, 3.8) is 0 Å². The number of nitrogens with zero attached hydrogens (tertiary/aromatic N) is 4. The quantitative estimate of drug-likeness (QED) is 0.579. The van der Waals surface area contributed by atoms with Crippen LogP contribution in [0.25, 0.3) is 10.9 Å². The van der Waals surface area contributed by atoms with Gasteiger partial charge in [0.05, 0.1) is 11.8 Å². The Bertz CT molecular complexity index is 696. The molecule has 0 aliphatic carbocycles. The van der Waals surface area contributed by atoms with Gasteiger partial charge >= 0.3 is 0 Å². The van der Waals surface area contributed by atoms with E-state index < -0.39 is 0 Å². The van der Waals surface area contributed by atoms with E-state index in [1.54, 1.807) is 6.20 Å². The molecule has 0 aliphatic heterocycles. The molecule has 2 heterocycles. The van der Waals surface area contributed by atoms with E-state index in [0.29, 0.717) is 0 Å². The van der Waals surface area contributed by atoms with E-state index in [4.69, 9.17) is 11.6 Å². The Balaban J connectivity index is 1.68. The molecule has 0 aliphatic rings. The third-order valence-corrected chi connectivity index (χ3v) is 3.19. The molecule has 1 N–H and O–H groups in total. The summed E-state index contributed by atoms with van der Waals surface area (Å²) in [5.74, 6) is 0.784. The van der Waals surface area contributed by atoms with Crippen molar-refractivity contribution in [2.75, 3.05) is 11.9 Å². The predicted molar refractivity (Wildman–Crippen MR) is 79.9 cm³/mol. The molecule has 1 aromatic carbocycles. The zero-order valence-corrected chi connectivity index (χ0v) is 11.6. The van der Waals surface area contributed by atoms with Crippen molar-refractivity contribution in [3.8, 4) is 0 Å². The smallest absolute Gasteiger partial charge is 0.224 e. The molecule has 0 spiro atoms. The Hall–Kier alpha value is -2.14. The molecule has 0 radical (unpaired) electrons. The lowest BCUT2D eigenvalue weighted by atomic mass is 10.2. The molecule has 5 nitrogen and oxygen atoms in total. The van der Waals surface area contributed by atoms with Crippen molar-refractivity contribution in [1.82, 2.24) is 19.5 Å². The van der Waals surface area contributed by atoms with E-state index in [0.717, 1.165) is 36.2 Å². The SMILES string of the molecule is Clc1nc(NCCCn2ccnc2)c2ccccc2n1. The molecule has 0 fully saturated rings. The highest BCUT2D eigenvalue weighted by Gasteiger charge is 2.05. The number of nitrogens with one attached hydrogen (secondary N) is 1. The molecular formula is C14H14ClN5. The van der Waals surface area contributed by atoms with Crippen LogP contribution in [0.3, 0.4) is 0 Å². The minimum atomic E-state index is 0.265. The fraction of sp³-hybridized carbons (Fsp3) is 0.214. The summed E-state index contributed by atoms with van der Waals surface area (Å²) in [5, 5.41) is 4.57. The molecule has 0 bridgehead atoms. The number of aryl methyl sites for hydroxylation is 1. The molecule has 102 valence electrons. The number of halogens is 1. The highest BCUT2D eigenvalue weighted by atomic mass is 35.5. The van der Waals surface area contributed by atoms with E-state index in [2.05, 4.69) is 20.3 Å². The second kappa shape index (κ2) is 5.88. The Morgan fingerprint density at radius 3 is 2.95 bits per heavy atom. The van der Waals surface area contributed by atoms with Crippen LogP contribution >= 0.6 is 11.6 Å². The lowest BCUT2D eigenvalue weighted by molar-refractivity contribution is 0.660. The minimum absolute atomic E-state index is 0.265. The number of hydrogen-bond donors (Lipinski definition) is 1. The predicted octanol–water partition coefficient (Wildman–Crippen LogP) is 2.98. The maximum absolute atomic E-state index is 5.94. The van der Waals surface area contributed by atoms with Gasteiger partial charge in [-0.1, -0.05) is 12.1 Å². The molecule has 0 saturated heterocycles. The van der Waals surface area contributed by atoms with Crippen LogP contribution in [0.1, 0.15) is 6.42 Å². The van der Waals surface area contributed by atoms with Gasteiger partial charge in [-0.25, -0.2) is 15.0 Å². The van der Waals surface area contributed by atoms with Crippen molar-refractivity contribution in [1.29, 1.82) is 0 Å². The van der Waals surface area contributed by atoms with Crippen LogP contribution in [0.15, 0.2) is 43.0 Å². The first-order valence-electron chi connectivity index (χ1n) is 6.45. The molecule has 0 saturated carbocycles. The molecule has 20 heavy (non-hydrogen) atoms. The lowest BCUT2D eigenvalue weighted by Crippen LogP contribution is -2.07. The number of rotatable bonds is 5. The summed E-state index contributed by atoms with van der Waals surface area (Å²) in [4.78, 5) is 12.5. The fourth-order valence-electron chi connectivity index (χ4n) is 2.07. The summed E-state index contributed by atoms with van der Waals surface area (Å²) in [6, 6.07) is 7.83. The molecule has 0 unspecified atom stereocenters. The van der Waals surface area contributed by atoms with Crippen LogP contribution in [-0.2, 0) is 6.54 Å². The average Bonchev–Trinajstić information content (AvgIpc) is 2.96. The Morgan fingerprint density at radius 1 is 1.20 bits per heavy atom. The van der Waals surface area contributed by atoms with Gasteiger partial charge in [-0.05, 0) is 30.2 Å². The van der Waals surface area contributed by atoms with Gasteiger partial charge in [-0.2, -0.15) is 0 Å². The summed E-state index contributed by atoms with van der Waals surface area (Å²) in [6.45, 7) is 1.74. The van der Waals surface area contributed by atoms with Gasteiger partial charge in [-0.15, -0.1) is 0 Å². The van der Waals surface area contributed by atoms with E-state index >= 15 is 0 Å². The van der Waals surface area contributed by atoms with Crippen LogP contribution < -0.4 is 5.32 Å². The zero-order chi connectivity index (χ0) is 13.8. The molecule has 3 aromatic rings. The average molecular weight is 288 g/mol. The van der Waals surface area contributed by atoms with Gasteiger partial charge < -0.3 is 9.88 Å². The third-order valence-electron chi connectivity index (χ3n) is 3.02. The van der Waals surface area contributed by atoms with Crippen LogP contribution in [0.5, 0.6) is 0 Å². The summed E-state index contributed by atoms with van der Waals surface area (Å²) in [5.41, 5.74) is 0.851.